The van der Waals surface area contributed by atoms with E-state index in [1.807, 2.05) is 0 Å². The Hall–Kier alpha value is -3.64. The fraction of sp³-hybridized carbons (Fsp3) is 0.0667. The van der Waals surface area contributed by atoms with E-state index in [1.165, 1.54) is 54.2 Å². The van der Waals surface area contributed by atoms with Gasteiger partial charge in [0, 0.05) is 0 Å². The van der Waals surface area contributed by atoms with Crippen molar-refractivity contribution in [3.8, 4) is 0 Å². The molecule has 0 heteroatoms. The minimum absolute atomic E-state index is 1.31. The molecule has 6 rings (SSSR count). The molecule has 0 aliphatic carbocycles. The highest BCUT2D eigenvalue weighted by molar-refractivity contribution is 6.17. The number of fused-ring (bicyclic) bond motifs is 6. The van der Waals surface area contributed by atoms with Crippen molar-refractivity contribution >= 4 is 43.1 Å². The summed E-state index contributed by atoms with van der Waals surface area (Å²) in [7, 11) is 0. The molecule has 0 radical (unpaired) electrons. The van der Waals surface area contributed by atoms with Crippen molar-refractivity contribution < 1.29 is 0 Å². The van der Waals surface area contributed by atoms with E-state index in [2.05, 4.69) is 123 Å². The molecule has 0 aliphatic rings. The first-order chi connectivity index (χ1) is 14.7. The maximum absolute atomic E-state index is 2.28. The van der Waals surface area contributed by atoms with Gasteiger partial charge in [0.1, 0.15) is 0 Å². The van der Waals surface area contributed by atoms with Crippen molar-refractivity contribution in [3.63, 3.8) is 0 Å². The minimum Gasteiger partial charge on any atom is -0.0616 e. The predicted molar refractivity (Wildman–Crippen MR) is 132 cm³/mol. The van der Waals surface area contributed by atoms with Gasteiger partial charge in [-0.2, -0.15) is 0 Å². The molecule has 0 nitrogen and oxygen atoms in total. The Balaban J connectivity index is 0.000000149. The van der Waals surface area contributed by atoms with Gasteiger partial charge in [0.25, 0.3) is 0 Å². The summed E-state index contributed by atoms with van der Waals surface area (Å²) < 4.78 is 0. The van der Waals surface area contributed by atoms with E-state index in [0.29, 0.717) is 0 Å². The summed E-state index contributed by atoms with van der Waals surface area (Å²) in [6, 6.07) is 39.1. The van der Waals surface area contributed by atoms with Gasteiger partial charge in [-0.15, -0.1) is 0 Å². The predicted octanol–water partition coefficient (Wildman–Crippen LogP) is 8.60. The maximum atomic E-state index is 2.28. The summed E-state index contributed by atoms with van der Waals surface area (Å²) in [4.78, 5) is 0. The lowest BCUT2D eigenvalue weighted by molar-refractivity contribution is 1.51. The fourth-order valence-corrected chi connectivity index (χ4v) is 4.24. The van der Waals surface area contributed by atoms with Crippen molar-refractivity contribution in [3.05, 3.63) is 120 Å². The Morgan fingerprint density at radius 3 is 1.60 bits per heavy atom. The topological polar surface area (TPSA) is 0 Å². The van der Waals surface area contributed by atoms with Gasteiger partial charge in [-0.1, -0.05) is 120 Å². The molecule has 0 fully saturated rings. The first kappa shape index (κ1) is 18.4. The van der Waals surface area contributed by atoms with Crippen LogP contribution in [0.3, 0.4) is 0 Å². The summed E-state index contributed by atoms with van der Waals surface area (Å²) in [5.41, 5.74) is 2.64. The third-order valence-electron chi connectivity index (χ3n) is 5.80. The lowest BCUT2D eigenvalue weighted by atomic mass is 9.96. The van der Waals surface area contributed by atoms with Gasteiger partial charge < -0.3 is 0 Å². The molecule has 6 aromatic carbocycles. The third-order valence-corrected chi connectivity index (χ3v) is 5.80. The highest BCUT2D eigenvalue weighted by atomic mass is 14.1. The van der Waals surface area contributed by atoms with Crippen LogP contribution >= 0.6 is 0 Å². The number of benzene rings is 6. The molecule has 0 saturated heterocycles. The van der Waals surface area contributed by atoms with Crippen LogP contribution in [-0.4, -0.2) is 0 Å². The average molecular weight is 385 g/mol. The van der Waals surface area contributed by atoms with Crippen LogP contribution in [0.2, 0.25) is 0 Å². The van der Waals surface area contributed by atoms with Gasteiger partial charge in [0.05, 0.1) is 0 Å². The van der Waals surface area contributed by atoms with Gasteiger partial charge >= 0.3 is 0 Å². The Morgan fingerprint density at radius 2 is 0.833 bits per heavy atom. The lowest BCUT2D eigenvalue weighted by Crippen LogP contribution is -1.81. The Labute approximate surface area is 177 Å². The van der Waals surface area contributed by atoms with E-state index < -0.39 is 0 Å². The number of rotatable bonds is 0. The van der Waals surface area contributed by atoms with Crippen molar-refractivity contribution in [2.75, 3.05) is 0 Å². The minimum atomic E-state index is 1.31. The van der Waals surface area contributed by atoms with Gasteiger partial charge in [-0.3, -0.25) is 0 Å². The molecule has 0 atom stereocenters. The van der Waals surface area contributed by atoms with E-state index >= 15 is 0 Å². The summed E-state index contributed by atoms with van der Waals surface area (Å²) >= 11 is 0. The molecule has 0 unspecified atom stereocenters. The molecule has 0 N–H and O–H groups in total. The molecule has 0 spiro atoms. The summed E-state index contributed by atoms with van der Waals surface area (Å²) in [5, 5.41) is 10.6. The smallest absolute Gasteiger partial charge is 0.00989 e. The van der Waals surface area contributed by atoms with Gasteiger partial charge in [-0.05, 0) is 56.9 Å². The van der Waals surface area contributed by atoms with E-state index in [-0.39, 0.29) is 0 Å². The van der Waals surface area contributed by atoms with Crippen LogP contribution in [0.25, 0.3) is 43.1 Å². The first-order valence-electron chi connectivity index (χ1n) is 10.5. The van der Waals surface area contributed by atoms with Crippen molar-refractivity contribution in [2.24, 2.45) is 0 Å². The molecule has 0 aromatic heterocycles. The van der Waals surface area contributed by atoms with E-state index in [9.17, 15) is 0 Å². The summed E-state index contributed by atoms with van der Waals surface area (Å²) in [6.07, 6.45) is 0. The quantitative estimate of drug-likeness (QED) is 0.230. The molecule has 6 aromatic rings. The largest absolute Gasteiger partial charge is 0.0616 e. The zero-order valence-electron chi connectivity index (χ0n) is 17.4. The molecule has 30 heavy (non-hydrogen) atoms. The Bertz CT molecular complexity index is 1510. The second-order valence-electron chi connectivity index (χ2n) is 8.02. The van der Waals surface area contributed by atoms with Crippen LogP contribution in [0, 0.1) is 13.8 Å². The third kappa shape index (κ3) is 3.42. The zero-order valence-corrected chi connectivity index (χ0v) is 17.4. The molecule has 0 aliphatic heterocycles. The van der Waals surface area contributed by atoms with Crippen LogP contribution in [0.5, 0.6) is 0 Å². The molecule has 0 saturated carbocycles. The van der Waals surface area contributed by atoms with Gasteiger partial charge in [-0.25, -0.2) is 0 Å². The monoisotopic (exact) mass is 384 g/mol. The molecule has 0 bridgehead atoms. The second-order valence-corrected chi connectivity index (χ2v) is 8.02. The molecule has 144 valence electrons. The number of aryl methyl sites for hydroxylation is 2. The van der Waals surface area contributed by atoms with E-state index in [1.54, 1.807) is 0 Å². The van der Waals surface area contributed by atoms with Crippen LogP contribution in [0.15, 0.2) is 109 Å². The van der Waals surface area contributed by atoms with Crippen LogP contribution < -0.4 is 0 Å². The van der Waals surface area contributed by atoms with Crippen LogP contribution in [-0.2, 0) is 0 Å². The Kier molecular flexibility index (Phi) is 4.69. The summed E-state index contributed by atoms with van der Waals surface area (Å²) in [6.45, 7) is 4.27. The fourth-order valence-electron chi connectivity index (χ4n) is 4.24. The Morgan fingerprint density at radius 1 is 0.333 bits per heavy atom. The number of hydrogen-bond acceptors (Lipinski definition) is 0. The van der Waals surface area contributed by atoms with E-state index in [4.69, 9.17) is 0 Å². The highest BCUT2D eigenvalue weighted by Gasteiger charge is 2.04. The first-order valence-corrected chi connectivity index (χ1v) is 10.5. The zero-order chi connectivity index (χ0) is 20.5. The SMILES string of the molecule is Cc1ccc2ccc3c4ccccc4ccc3c2c1.Cc1ccc2ccccc2c1. The van der Waals surface area contributed by atoms with Crippen LogP contribution in [0.4, 0.5) is 0 Å². The van der Waals surface area contributed by atoms with E-state index in [0.717, 1.165) is 0 Å². The average Bonchev–Trinajstić information content (AvgIpc) is 2.79. The molecular formula is C30H24. The van der Waals surface area contributed by atoms with Gasteiger partial charge in [0.2, 0.25) is 0 Å². The highest BCUT2D eigenvalue weighted by Crippen LogP contribution is 2.31. The number of hydrogen-bond donors (Lipinski definition) is 0. The lowest BCUT2D eigenvalue weighted by Gasteiger charge is -2.08. The van der Waals surface area contributed by atoms with Gasteiger partial charge in [0.15, 0.2) is 0 Å². The second kappa shape index (κ2) is 7.65. The molecule has 0 heterocycles. The van der Waals surface area contributed by atoms with Crippen molar-refractivity contribution in [2.45, 2.75) is 13.8 Å². The maximum Gasteiger partial charge on any atom is -0.00989 e. The van der Waals surface area contributed by atoms with Crippen LogP contribution in [0.1, 0.15) is 11.1 Å². The summed E-state index contributed by atoms with van der Waals surface area (Å²) in [5.74, 6) is 0. The van der Waals surface area contributed by atoms with Crippen molar-refractivity contribution in [1.82, 2.24) is 0 Å². The standard InChI is InChI=1S/C19H14.C11H10/c1-13-6-7-15-9-10-17-16-5-3-2-4-14(16)8-11-18(17)19(15)12-13;1-9-6-7-10-4-2-3-5-11(10)8-9/h2-12H,1H3;2-8H,1H3. The molecule has 0 amide bonds. The normalized spacial score (nSPS) is 11.0. The van der Waals surface area contributed by atoms with Crippen molar-refractivity contribution in [1.29, 1.82) is 0 Å². The molecular weight excluding hydrogens is 360 g/mol.